The van der Waals surface area contributed by atoms with Crippen molar-refractivity contribution in [3.63, 3.8) is 0 Å². The van der Waals surface area contributed by atoms with Crippen molar-refractivity contribution < 1.29 is 24.2 Å². The lowest BCUT2D eigenvalue weighted by Gasteiger charge is -2.35. The average molecular weight is 465 g/mol. The maximum absolute atomic E-state index is 13.2. The molecule has 2 aromatic carbocycles. The predicted octanol–water partition coefficient (Wildman–Crippen LogP) is 4.45. The van der Waals surface area contributed by atoms with Crippen LogP contribution < -0.4 is 10.6 Å². The standard InChI is InChI=1S/C27H32N2O5/c1-4-26(2,24(32)28-27(3,15-23(30)31)17-13-14-17)29-25(33)34-16-22-20-11-7-5-9-18(20)19-10-6-8-12-21(19)22/h5-12,17,22H,4,13-16H2,1-3H3,(H,28,32)(H,29,33)(H,30,31). The highest BCUT2D eigenvalue weighted by Gasteiger charge is 2.47. The zero-order valence-corrected chi connectivity index (χ0v) is 19.9. The molecule has 0 saturated heterocycles. The number of alkyl carbamates (subject to hydrolysis) is 1. The molecular formula is C27H32N2O5. The first-order valence-electron chi connectivity index (χ1n) is 11.8. The number of hydrogen-bond acceptors (Lipinski definition) is 4. The number of carboxylic acid groups (broad SMARTS) is 1. The molecule has 2 aliphatic rings. The van der Waals surface area contributed by atoms with Crippen molar-refractivity contribution in [1.82, 2.24) is 10.6 Å². The summed E-state index contributed by atoms with van der Waals surface area (Å²) < 4.78 is 5.62. The Kier molecular flexibility index (Phi) is 6.39. The minimum absolute atomic E-state index is 0.0754. The maximum atomic E-state index is 13.2. The Morgan fingerprint density at radius 3 is 2.03 bits per heavy atom. The second-order valence-electron chi connectivity index (χ2n) is 9.85. The number of fused-ring (bicyclic) bond motifs is 3. The van der Waals surface area contributed by atoms with Crippen molar-refractivity contribution in [2.45, 2.75) is 63.5 Å². The third kappa shape index (κ3) is 4.65. The van der Waals surface area contributed by atoms with Crippen molar-refractivity contribution in [2.75, 3.05) is 6.61 Å². The van der Waals surface area contributed by atoms with Gasteiger partial charge in [-0.05, 0) is 61.3 Å². The molecule has 0 spiro atoms. The van der Waals surface area contributed by atoms with Gasteiger partial charge in [-0.25, -0.2) is 4.79 Å². The normalized spacial score (nSPS) is 18.1. The van der Waals surface area contributed by atoms with Gasteiger partial charge in [-0.2, -0.15) is 0 Å². The van der Waals surface area contributed by atoms with Crippen LogP contribution in [0.25, 0.3) is 11.1 Å². The molecule has 3 N–H and O–H groups in total. The van der Waals surface area contributed by atoms with Crippen LogP contribution in [0.3, 0.4) is 0 Å². The highest BCUT2D eigenvalue weighted by Crippen LogP contribution is 2.44. The molecule has 2 aromatic rings. The zero-order valence-electron chi connectivity index (χ0n) is 19.9. The second kappa shape index (κ2) is 9.12. The molecule has 2 atom stereocenters. The molecule has 0 radical (unpaired) electrons. The van der Waals surface area contributed by atoms with E-state index in [0.29, 0.717) is 6.42 Å². The first kappa shape index (κ1) is 23.8. The number of nitrogens with one attached hydrogen (secondary N) is 2. The summed E-state index contributed by atoms with van der Waals surface area (Å²) in [6.07, 6.45) is 1.26. The van der Waals surface area contributed by atoms with Crippen LogP contribution in [0.2, 0.25) is 0 Å². The van der Waals surface area contributed by atoms with Crippen molar-refractivity contribution in [3.8, 4) is 11.1 Å². The summed E-state index contributed by atoms with van der Waals surface area (Å²) in [4.78, 5) is 37.3. The summed E-state index contributed by atoms with van der Waals surface area (Å²) in [5.41, 5.74) is 2.44. The molecule has 180 valence electrons. The van der Waals surface area contributed by atoms with Gasteiger partial charge >= 0.3 is 12.1 Å². The third-order valence-corrected chi connectivity index (χ3v) is 7.33. The van der Waals surface area contributed by atoms with Gasteiger partial charge < -0.3 is 20.5 Å². The minimum atomic E-state index is -1.22. The third-order valence-electron chi connectivity index (χ3n) is 7.33. The largest absolute Gasteiger partial charge is 0.481 e. The Labute approximate surface area is 199 Å². The molecule has 0 bridgehead atoms. The first-order valence-corrected chi connectivity index (χ1v) is 11.8. The van der Waals surface area contributed by atoms with E-state index in [-0.39, 0.29) is 24.9 Å². The minimum Gasteiger partial charge on any atom is -0.481 e. The van der Waals surface area contributed by atoms with Crippen LogP contribution in [-0.2, 0) is 14.3 Å². The van der Waals surface area contributed by atoms with Gasteiger partial charge in [0.2, 0.25) is 5.91 Å². The Bertz CT molecular complexity index is 1070. The van der Waals surface area contributed by atoms with Gasteiger partial charge in [0.05, 0.1) is 12.0 Å². The topological polar surface area (TPSA) is 105 Å². The van der Waals surface area contributed by atoms with E-state index in [2.05, 4.69) is 22.8 Å². The highest BCUT2D eigenvalue weighted by atomic mass is 16.5. The van der Waals surface area contributed by atoms with E-state index in [9.17, 15) is 19.5 Å². The Balaban J connectivity index is 1.42. The van der Waals surface area contributed by atoms with Crippen molar-refractivity contribution in [3.05, 3.63) is 59.7 Å². The monoisotopic (exact) mass is 464 g/mol. The Hall–Kier alpha value is -3.35. The lowest BCUT2D eigenvalue weighted by molar-refractivity contribution is -0.139. The SMILES string of the molecule is CCC(C)(NC(=O)OCC1c2ccccc2-c2ccccc21)C(=O)NC(C)(CC(=O)O)C1CC1. The van der Waals surface area contributed by atoms with E-state index in [4.69, 9.17) is 4.74 Å². The van der Waals surface area contributed by atoms with Crippen LogP contribution in [0, 0.1) is 5.92 Å². The maximum Gasteiger partial charge on any atom is 0.408 e. The molecule has 2 unspecified atom stereocenters. The first-order chi connectivity index (χ1) is 16.2. The van der Waals surface area contributed by atoms with Crippen molar-refractivity contribution in [1.29, 1.82) is 0 Å². The Morgan fingerprint density at radius 2 is 1.53 bits per heavy atom. The summed E-state index contributed by atoms with van der Waals surface area (Å²) in [6, 6.07) is 16.2. The molecule has 1 saturated carbocycles. The molecule has 2 aliphatic carbocycles. The van der Waals surface area contributed by atoms with Gasteiger partial charge in [0.1, 0.15) is 12.1 Å². The van der Waals surface area contributed by atoms with E-state index in [1.165, 1.54) is 0 Å². The molecule has 7 nitrogen and oxygen atoms in total. The summed E-state index contributed by atoms with van der Waals surface area (Å²) >= 11 is 0. The number of carbonyl (C=O) groups is 3. The summed E-state index contributed by atoms with van der Waals surface area (Å²) in [6.45, 7) is 5.35. The summed E-state index contributed by atoms with van der Waals surface area (Å²) in [5.74, 6) is -1.31. The number of rotatable bonds is 9. The quantitative estimate of drug-likeness (QED) is 0.508. The zero-order chi connectivity index (χ0) is 24.5. The van der Waals surface area contributed by atoms with Gasteiger partial charge in [0, 0.05) is 5.92 Å². The van der Waals surface area contributed by atoms with Gasteiger partial charge in [-0.1, -0.05) is 55.5 Å². The van der Waals surface area contributed by atoms with Gasteiger partial charge in [0.25, 0.3) is 0 Å². The van der Waals surface area contributed by atoms with Crippen molar-refractivity contribution in [2.24, 2.45) is 5.92 Å². The highest BCUT2D eigenvalue weighted by molar-refractivity contribution is 5.90. The van der Waals surface area contributed by atoms with Crippen molar-refractivity contribution >= 4 is 18.0 Å². The van der Waals surface area contributed by atoms with Crippen LogP contribution in [0.1, 0.15) is 63.5 Å². The molecule has 34 heavy (non-hydrogen) atoms. The number of aliphatic carboxylic acids is 1. The molecular weight excluding hydrogens is 432 g/mol. The lowest BCUT2D eigenvalue weighted by Crippen LogP contribution is -2.62. The second-order valence-corrected chi connectivity index (χ2v) is 9.85. The predicted molar refractivity (Wildman–Crippen MR) is 128 cm³/mol. The molecule has 1 fully saturated rings. The Morgan fingerprint density at radius 1 is 0.971 bits per heavy atom. The van der Waals surface area contributed by atoms with Crippen LogP contribution in [0.4, 0.5) is 4.79 Å². The molecule has 7 heteroatoms. The average Bonchev–Trinajstić information content (AvgIpc) is 3.61. The lowest BCUT2D eigenvalue weighted by atomic mass is 9.89. The molecule has 0 aliphatic heterocycles. The molecule has 2 amide bonds. The van der Waals surface area contributed by atoms with Crippen LogP contribution in [0.5, 0.6) is 0 Å². The van der Waals surface area contributed by atoms with E-state index in [0.717, 1.165) is 35.1 Å². The number of benzene rings is 2. The van der Waals surface area contributed by atoms with Crippen LogP contribution >= 0.6 is 0 Å². The van der Waals surface area contributed by atoms with E-state index < -0.39 is 29.0 Å². The van der Waals surface area contributed by atoms with Gasteiger partial charge in [-0.3, -0.25) is 9.59 Å². The molecule has 0 heterocycles. The van der Waals surface area contributed by atoms with E-state index in [1.54, 1.807) is 20.8 Å². The molecule has 4 rings (SSSR count). The number of amides is 2. The summed E-state index contributed by atoms with van der Waals surface area (Å²) in [5, 5.41) is 15.0. The number of carboxylic acids is 1. The van der Waals surface area contributed by atoms with Gasteiger partial charge in [-0.15, -0.1) is 0 Å². The smallest absolute Gasteiger partial charge is 0.408 e. The fourth-order valence-electron chi connectivity index (χ4n) is 4.89. The number of hydrogen-bond donors (Lipinski definition) is 3. The molecule has 0 aromatic heterocycles. The van der Waals surface area contributed by atoms with E-state index in [1.807, 2.05) is 36.4 Å². The fourth-order valence-corrected chi connectivity index (χ4v) is 4.89. The number of carbonyl (C=O) groups excluding carboxylic acids is 2. The van der Waals surface area contributed by atoms with E-state index >= 15 is 0 Å². The fraction of sp³-hybridized carbons (Fsp3) is 0.444. The van der Waals surface area contributed by atoms with Crippen LogP contribution in [0.15, 0.2) is 48.5 Å². The van der Waals surface area contributed by atoms with Crippen LogP contribution in [-0.4, -0.2) is 40.8 Å². The number of ether oxygens (including phenoxy) is 1. The summed E-state index contributed by atoms with van der Waals surface area (Å²) in [7, 11) is 0. The van der Waals surface area contributed by atoms with Gasteiger partial charge in [0.15, 0.2) is 0 Å².